The average Bonchev–Trinajstić information content (AvgIpc) is 2.63. The molecule has 16 heavy (non-hydrogen) atoms. The minimum Gasteiger partial charge on any atom is -0.450 e. The maximum atomic E-state index is 10.5. The van der Waals surface area contributed by atoms with Gasteiger partial charge < -0.3 is 19.7 Å². The van der Waals surface area contributed by atoms with Gasteiger partial charge in [-0.1, -0.05) is 11.6 Å². The first kappa shape index (κ1) is 10.8. The molecule has 2 rings (SSSR count). The van der Waals surface area contributed by atoms with E-state index in [4.69, 9.17) is 19.7 Å². The summed E-state index contributed by atoms with van der Waals surface area (Å²) in [6, 6.07) is 0. The lowest BCUT2D eigenvalue weighted by Gasteiger charge is -2.27. The van der Waals surface area contributed by atoms with Gasteiger partial charge in [0.15, 0.2) is 0 Å². The molecule has 2 bridgehead atoms. The molecular weight excluding hydrogens is 216 g/mol. The summed E-state index contributed by atoms with van der Waals surface area (Å²) >= 11 is 0. The van der Waals surface area contributed by atoms with Gasteiger partial charge in [0.2, 0.25) is 0 Å². The minimum absolute atomic E-state index is 0.0505. The molecule has 2 aliphatic carbocycles. The molecule has 0 spiro atoms. The molecule has 88 valence electrons. The Kier molecular flexibility index (Phi) is 2.49. The highest BCUT2D eigenvalue weighted by Crippen LogP contribution is 2.46. The summed E-state index contributed by atoms with van der Waals surface area (Å²) in [5.41, 5.74) is 1.04. The van der Waals surface area contributed by atoms with Crippen molar-refractivity contribution >= 4 is 12.3 Å². The van der Waals surface area contributed by atoms with Crippen molar-refractivity contribution in [3.05, 3.63) is 11.6 Å². The van der Waals surface area contributed by atoms with Crippen LogP contribution in [0.1, 0.15) is 13.3 Å². The second-order valence-corrected chi connectivity index (χ2v) is 4.11. The highest BCUT2D eigenvalue weighted by Gasteiger charge is 2.51. The van der Waals surface area contributed by atoms with Crippen molar-refractivity contribution < 1.29 is 29.3 Å². The van der Waals surface area contributed by atoms with Crippen LogP contribution in [0.5, 0.6) is 0 Å². The molecule has 0 amide bonds. The Bertz CT molecular complexity index is 360. The highest BCUT2D eigenvalue weighted by molar-refractivity contribution is 5.59. The number of hydrogen-bond donors (Lipinski definition) is 2. The van der Waals surface area contributed by atoms with E-state index in [1.165, 1.54) is 0 Å². The fourth-order valence-corrected chi connectivity index (χ4v) is 2.64. The molecule has 0 aromatic rings. The Hall–Kier alpha value is -1.72. The molecule has 1 saturated carbocycles. The molecule has 0 heterocycles. The van der Waals surface area contributed by atoms with E-state index in [2.05, 4.69) is 0 Å². The van der Waals surface area contributed by atoms with Crippen molar-refractivity contribution in [2.45, 2.75) is 25.6 Å². The molecule has 0 aromatic heterocycles. The van der Waals surface area contributed by atoms with Crippen molar-refractivity contribution in [3.63, 3.8) is 0 Å². The van der Waals surface area contributed by atoms with Crippen molar-refractivity contribution in [1.29, 1.82) is 0 Å². The Balaban J connectivity index is 2.16. The number of fused-ring (bicyclic) bond motifs is 2. The van der Waals surface area contributed by atoms with Crippen molar-refractivity contribution in [2.75, 3.05) is 0 Å². The summed E-state index contributed by atoms with van der Waals surface area (Å²) < 4.78 is 9.41. The van der Waals surface area contributed by atoms with E-state index in [0.29, 0.717) is 6.42 Å². The van der Waals surface area contributed by atoms with Crippen LogP contribution in [0.2, 0.25) is 0 Å². The van der Waals surface area contributed by atoms with Crippen LogP contribution in [0.25, 0.3) is 0 Å². The fraction of sp³-hybridized carbons (Fsp3) is 0.600. The third kappa shape index (κ3) is 1.70. The van der Waals surface area contributed by atoms with Gasteiger partial charge in [0.25, 0.3) is 0 Å². The molecule has 0 saturated heterocycles. The van der Waals surface area contributed by atoms with Crippen LogP contribution in [0.4, 0.5) is 9.59 Å². The minimum atomic E-state index is -1.40. The predicted molar refractivity (Wildman–Crippen MR) is 51.1 cm³/mol. The first-order valence-electron chi connectivity index (χ1n) is 4.96. The maximum Gasteiger partial charge on any atom is 0.506 e. The zero-order valence-electron chi connectivity index (χ0n) is 8.62. The second-order valence-electron chi connectivity index (χ2n) is 4.11. The molecule has 0 radical (unpaired) electrons. The SMILES string of the molecule is CC1=CC2CC1C(OC(=O)O)C2OC(=O)O. The highest BCUT2D eigenvalue weighted by atomic mass is 16.7. The molecule has 1 fully saturated rings. The Morgan fingerprint density at radius 2 is 1.81 bits per heavy atom. The topological polar surface area (TPSA) is 93.1 Å². The van der Waals surface area contributed by atoms with Gasteiger partial charge in [-0.25, -0.2) is 9.59 Å². The fourth-order valence-electron chi connectivity index (χ4n) is 2.64. The summed E-state index contributed by atoms with van der Waals surface area (Å²) in [7, 11) is 0. The summed E-state index contributed by atoms with van der Waals surface area (Å²) in [5, 5.41) is 17.2. The molecule has 4 atom stereocenters. The van der Waals surface area contributed by atoms with E-state index in [9.17, 15) is 9.59 Å². The Labute approximate surface area is 91.5 Å². The molecular formula is C10H12O6. The zero-order valence-corrected chi connectivity index (χ0v) is 8.62. The van der Waals surface area contributed by atoms with Crippen LogP contribution < -0.4 is 0 Å². The first-order chi connectivity index (χ1) is 7.49. The predicted octanol–water partition coefficient (Wildman–Crippen LogP) is 1.71. The van der Waals surface area contributed by atoms with Crippen LogP contribution in [0.15, 0.2) is 11.6 Å². The number of rotatable bonds is 2. The number of hydrogen-bond acceptors (Lipinski definition) is 4. The van der Waals surface area contributed by atoms with E-state index in [1.54, 1.807) is 0 Å². The molecule has 0 aliphatic heterocycles. The van der Waals surface area contributed by atoms with Gasteiger partial charge in [-0.3, -0.25) is 0 Å². The molecule has 4 unspecified atom stereocenters. The summed E-state index contributed by atoms with van der Waals surface area (Å²) in [4.78, 5) is 21.0. The lowest BCUT2D eigenvalue weighted by atomic mass is 9.95. The Morgan fingerprint density at radius 1 is 1.25 bits per heavy atom. The second kappa shape index (κ2) is 3.70. The van der Waals surface area contributed by atoms with Gasteiger partial charge in [0.05, 0.1) is 0 Å². The van der Waals surface area contributed by atoms with E-state index in [1.807, 2.05) is 13.0 Å². The average molecular weight is 228 g/mol. The van der Waals surface area contributed by atoms with Crippen LogP contribution in [-0.4, -0.2) is 34.7 Å². The molecule has 0 aromatic carbocycles. The van der Waals surface area contributed by atoms with Gasteiger partial charge in [-0.2, -0.15) is 0 Å². The maximum absolute atomic E-state index is 10.5. The van der Waals surface area contributed by atoms with Gasteiger partial charge in [-0.15, -0.1) is 0 Å². The molecule has 2 N–H and O–H groups in total. The van der Waals surface area contributed by atoms with Crippen LogP contribution in [0, 0.1) is 11.8 Å². The number of carbonyl (C=O) groups is 2. The first-order valence-corrected chi connectivity index (χ1v) is 4.96. The molecule has 2 aliphatic rings. The lowest BCUT2D eigenvalue weighted by Crippen LogP contribution is -2.38. The smallest absolute Gasteiger partial charge is 0.450 e. The standard InChI is InChI=1S/C10H12O6/c1-4-2-5-3-6(4)8(16-10(13)14)7(5)15-9(11)12/h2,5-8H,3H2,1H3,(H,11,12)(H,13,14). The van der Waals surface area contributed by atoms with Gasteiger partial charge >= 0.3 is 12.3 Å². The molecule has 6 nitrogen and oxygen atoms in total. The number of ether oxygens (including phenoxy) is 2. The van der Waals surface area contributed by atoms with Gasteiger partial charge in [0.1, 0.15) is 12.2 Å². The van der Waals surface area contributed by atoms with Crippen LogP contribution in [0.3, 0.4) is 0 Å². The normalized spacial score (nSPS) is 35.7. The van der Waals surface area contributed by atoms with E-state index < -0.39 is 24.5 Å². The van der Waals surface area contributed by atoms with Crippen molar-refractivity contribution in [1.82, 2.24) is 0 Å². The summed E-state index contributed by atoms with van der Waals surface area (Å²) in [5.74, 6) is -0.115. The summed E-state index contributed by atoms with van der Waals surface area (Å²) in [6.45, 7) is 1.89. The third-order valence-corrected chi connectivity index (χ3v) is 3.20. The largest absolute Gasteiger partial charge is 0.506 e. The Morgan fingerprint density at radius 3 is 2.38 bits per heavy atom. The quantitative estimate of drug-likeness (QED) is 0.552. The van der Waals surface area contributed by atoms with Crippen molar-refractivity contribution in [3.8, 4) is 0 Å². The van der Waals surface area contributed by atoms with Crippen molar-refractivity contribution in [2.24, 2.45) is 11.8 Å². The monoisotopic (exact) mass is 228 g/mol. The van der Waals surface area contributed by atoms with E-state index >= 15 is 0 Å². The van der Waals surface area contributed by atoms with E-state index in [-0.39, 0.29) is 11.8 Å². The van der Waals surface area contributed by atoms with Gasteiger partial charge in [0, 0.05) is 11.8 Å². The number of carboxylic acid groups (broad SMARTS) is 2. The molecule has 6 heteroatoms. The summed E-state index contributed by atoms with van der Waals surface area (Å²) in [6.07, 6.45) is -1.58. The van der Waals surface area contributed by atoms with E-state index in [0.717, 1.165) is 5.57 Å². The van der Waals surface area contributed by atoms with Crippen LogP contribution >= 0.6 is 0 Å². The third-order valence-electron chi connectivity index (χ3n) is 3.20. The van der Waals surface area contributed by atoms with Gasteiger partial charge in [-0.05, 0) is 13.3 Å². The zero-order chi connectivity index (χ0) is 11.9. The lowest BCUT2D eigenvalue weighted by molar-refractivity contribution is -0.0455. The van der Waals surface area contributed by atoms with Crippen LogP contribution in [-0.2, 0) is 9.47 Å².